The third-order valence-corrected chi connectivity index (χ3v) is 3.03. The molecule has 0 fully saturated rings. The fourth-order valence-electron chi connectivity index (χ4n) is 1.95. The second-order valence-corrected chi connectivity index (χ2v) is 4.39. The molecule has 0 unspecified atom stereocenters. The predicted molar refractivity (Wildman–Crippen MR) is 81.5 cm³/mol. The highest BCUT2D eigenvalue weighted by Crippen LogP contribution is 2.14. The zero-order valence-corrected chi connectivity index (χ0v) is 11.2. The summed E-state index contributed by atoms with van der Waals surface area (Å²) >= 11 is 0. The second kappa shape index (κ2) is 5.53. The molecule has 0 spiro atoms. The summed E-state index contributed by atoms with van der Waals surface area (Å²) in [6, 6.07) is 15.7. The summed E-state index contributed by atoms with van der Waals surface area (Å²) in [7, 11) is 1.66. The Hall–Kier alpha value is -2.68. The fourth-order valence-corrected chi connectivity index (χ4v) is 1.95. The summed E-state index contributed by atoms with van der Waals surface area (Å²) in [5, 5.41) is 0. The van der Waals surface area contributed by atoms with Crippen molar-refractivity contribution in [3.05, 3.63) is 66.0 Å². The maximum Gasteiger partial charge on any atom is 0.118 e. The van der Waals surface area contributed by atoms with Crippen molar-refractivity contribution in [2.45, 2.75) is 0 Å². The molecule has 0 N–H and O–H groups in total. The van der Waals surface area contributed by atoms with E-state index in [9.17, 15) is 0 Å². The molecule has 0 amide bonds. The van der Waals surface area contributed by atoms with Gasteiger partial charge >= 0.3 is 0 Å². The second-order valence-electron chi connectivity index (χ2n) is 4.39. The Balaban J connectivity index is 1.85. The molecule has 20 heavy (non-hydrogen) atoms. The lowest BCUT2D eigenvalue weighted by Gasteiger charge is -2.00. The summed E-state index contributed by atoms with van der Waals surface area (Å²) in [6.45, 7) is 0. The normalized spacial score (nSPS) is 11.1. The van der Waals surface area contributed by atoms with E-state index in [0.29, 0.717) is 0 Å². The lowest BCUT2D eigenvalue weighted by Crippen LogP contribution is -1.86. The third-order valence-electron chi connectivity index (χ3n) is 3.03. The van der Waals surface area contributed by atoms with Gasteiger partial charge in [-0.2, -0.15) is 0 Å². The minimum atomic E-state index is 0.847. The van der Waals surface area contributed by atoms with Crippen LogP contribution in [0.1, 0.15) is 11.3 Å². The Kier molecular flexibility index (Phi) is 3.42. The van der Waals surface area contributed by atoms with Crippen molar-refractivity contribution in [1.82, 2.24) is 9.97 Å². The average molecular weight is 262 g/mol. The maximum absolute atomic E-state index is 5.13. The SMILES string of the molecule is COc1ccc(/C=C/c2cnc3ccccc3n2)cc1. The van der Waals surface area contributed by atoms with Crippen molar-refractivity contribution in [1.29, 1.82) is 0 Å². The number of fused-ring (bicyclic) bond motifs is 1. The Morgan fingerprint density at radius 3 is 2.40 bits per heavy atom. The van der Waals surface area contributed by atoms with Crippen LogP contribution in [-0.4, -0.2) is 17.1 Å². The summed E-state index contributed by atoms with van der Waals surface area (Å²) in [5.74, 6) is 0.854. The number of para-hydroxylation sites is 2. The molecule has 0 bridgehead atoms. The Labute approximate surface area is 117 Å². The molecule has 0 atom stereocenters. The lowest BCUT2D eigenvalue weighted by atomic mass is 10.2. The number of benzene rings is 2. The van der Waals surface area contributed by atoms with Gasteiger partial charge in [0.1, 0.15) is 5.75 Å². The molecule has 2 aromatic carbocycles. The van der Waals surface area contributed by atoms with Gasteiger partial charge in [-0.15, -0.1) is 0 Å². The Bertz CT molecular complexity index is 748. The molecule has 0 radical (unpaired) electrons. The Morgan fingerprint density at radius 1 is 0.900 bits per heavy atom. The first kappa shape index (κ1) is 12.4. The first-order chi connectivity index (χ1) is 9.85. The summed E-state index contributed by atoms with van der Waals surface area (Å²) < 4.78 is 5.13. The van der Waals surface area contributed by atoms with Crippen LogP contribution in [-0.2, 0) is 0 Å². The summed E-state index contributed by atoms with van der Waals surface area (Å²) in [4.78, 5) is 8.94. The molecule has 1 aromatic heterocycles. The number of methoxy groups -OCH3 is 1. The van der Waals surface area contributed by atoms with Gasteiger partial charge in [-0.1, -0.05) is 30.3 Å². The number of rotatable bonds is 3. The first-order valence-corrected chi connectivity index (χ1v) is 6.39. The average Bonchev–Trinajstić information content (AvgIpc) is 2.53. The van der Waals surface area contributed by atoms with Crippen molar-refractivity contribution in [2.24, 2.45) is 0 Å². The number of nitrogens with zero attached hydrogens (tertiary/aromatic N) is 2. The van der Waals surface area contributed by atoms with E-state index in [0.717, 1.165) is 28.0 Å². The van der Waals surface area contributed by atoms with E-state index in [1.54, 1.807) is 13.3 Å². The highest BCUT2D eigenvalue weighted by atomic mass is 16.5. The van der Waals surface area contributed by atoms with E-state index in [2.05, 4.69) is 9.97 Å². The van der Waals surface area contributed by atoms with Gasteiger partial charge in [-0.3, -0.25) is 4.98 Å². The van der Waals surface area contributed by atoms with Gasteiger partial charge < -0.3 is 4.74 Å². The lowest BCUT2D eigenvalue weighted by molar-refractivity contribution is 0.415. The maximum atomic E-state index is 5.13. The van der Waals surface area contributed by atoms with Crippen LogP contribution >= 0.6 is 0 Å². The molecule has 98 valence electrons. The van der Waals surface area contributed by atoms with Gasteiger partial charge in [0.05, 0.1) is 30.0 Å². The van der Waals surface area contributed by atoms with Crippen LogP contribution < -0.4 is 4.74 Å². The molecule has 3 nitrogen and oxygen atoms in total. The molecule has 3 rings (SSSR count). The van der Waals surface area contributed by atoms with Gasteiger partial charge in [0, 0.05) is 0 Å². The van der Waals surface area contributed by atoms with Crippen molar-refractivity contribution < 1.29 is 4.74 Å². The predicted octanol–water partition coefficient (Wildman–Crippen LogP) is 3.81. The van der Waals surface area contributed by atoms with Crippen LogP contribution in [0.3, 0.4) is 0 Å². The molecular formula is C17H14N2O. The number of hydrogen-bond donors (Lipinski definition) is 0. The van der Waals surface area contributed by atoms with E-state index in [-0.39, 0.29) is 0 Å². The van der Waals surface area contributed by atoms with Crippen LogP contribution in [0.5, 0.6) is 5.75 Å². The van der Waals surface area contributed by atoms with Crippen molar-refractivity contribution >= 4 is 23.2 Å². The standard InChI is InChI=1S/C17H14N2O/c1-20-15-10-7-13(8-11-15)6-9-14-12-18-16-4-2-3-5-17(16)19-14/h2-12H,1H3/b9-6+. The molecule has 3 heteroatoms. The highest BCUT2D eigenvalue weighted by Gasteiger charge is 1.96. The molecular weight excluding hydrogens is 248 g/mol. The van der Waals surface area contributed by atoms with E-state index >= 15 is 0 Å². The van der Waals surface area contributed by atoms with E-state index in [4.69, 9.17) is 4.74 Å². The molecule has 0 saturated carbocycles. The van der Waals surface area contributed by atoms with E-state index < -0.39 is 0 Å². The third kappa shape index (κ3) is 2.67. The van der Waals surface area contributed by atoms with Crippen LogP contribution in [0.15, 0.2) is 54.7 Å². The van der Waals surface area contributed by atoms with Gasteiger partial charge in [0.15, 0.2) is 0 Å². The number of aromatic nitrogens is 2. The number of ether oxygens (including phenoxy) is 1. The molecule has 0 saturated heterocycles. The number of hydrogen-bond acceptors (Lipinski definition) is 3. The van der Waals surface area contributed by atoms with E-state index in [1.807, 2.05) is 60.7 Å². The Morgan fingerprint density at radius 2 is 1.65 bits per heavy atom. The van der Waals surface area contributed by atoms with Crippen molar-refractivity contribution in [2.75, 3.05) is 7.11 Å². The van der Waals surface area contributed by atoms with Gasteiger partial charge in [0.25, 0.3) is 0 Å². The smallest absolute Gasteiger partial charge is 0.118 e. The van der Waals surface area contributed by atoms with Crippen LogP contribution in [0.25, 0.3) is 23.2 Å². The zero-order chi connectivity index (χ0) is 13.8. The zero-order valence-electron chi connectivity index (χ0n) is 11.2. The largest absolute Gasteiger partial charge is 0.497 e. The molecule has 1 heterocycles. The molecule has 0 aliphatic carbocycles. The fraction of sp³-hybridized carbons (Fsp3) is 0.0588. The van der Waals surface area contributed by atoms with Crippen LogP contribution in [0.2, 0.25) is 0 Å². The van der Waals surface area contributed by atoms with Gasteiger partial charge in [-0.05, 0) is 35.9 Å². The topological polar surface area (TPSA) is 35.0 Å². The summed E-state index contributed by atoms with van der Waals surface area (Å²) in [6.07, 6.45) is 5.75. The van der Waals surface area contributed by atoms with Gasteiger partial charge in [-0.25, -0.2) is 4.98 Å². The quantitative estimate of drug-likeness (QED) is 0.720. The highest BCUT2D eigenvalue weighted by molar-refractivity contribution is 5.76. The van der Waals surface area contributed by atoms with E-state index in [1.165, 1.54) is 0 Å². The monoisotopic (exact) mass is 262 g/mol. The van der Waals surface area contributed by atoms with Crippen LogP contribution in [0, 0.1) is 0 Å². The minimum absolute atomic E-state index is 0.847. The molecule has 0 aliphatic heterocycles. The molecule has 0 aliphatic rings. The van der Waals surface area contributed by atoms with Crippen LogP contribution in [0.4, 0.5) is 0 Å². The first-order valence-electron chi connectivity index (χ1n) is 6.39. The molecule has 3 aromatic rings. The van der Waals surface area contributed by atoms with Gasteiger partial charge in [0.2, 0.25) is 0 Å². The summed E-state index contributed by atoms with van der Waals surface area (Å²) in [5.41, 5.74) is 3.76. The minimum Gasteiger partial charge on any atom is -0.497 e. The van der Waals surface area contributed by atoms with Crippen molar-refractivity contribution in [3.63, 3.8) is 0 Å². The van der Waals surface area contributed by atoms with Crippen molar-refractivity contribution in [3.8, 4) is 5.75 Å².